The first-order chi connectivity index (χ1) is 16.3. The quantitative estimate of drug-likeness (QED) is 0.618. The molecular weight excluding hydrogens is 430 g/mol. The van der Waals surface area contributed by atoms with Crippen LogP contribution in [0.1, 0.15) is 59.4 Å². The lowest BCUT2D eigenvalue weighted by molar-refractivity contribution is -0.114. The molecule has 4 heterocycles. The van der Waals surface area contributed by atoms with Gasteiger partial charge in [-0.05, 0) is 45.2 Å². The van der Waals surface area contributed by atoms with Crippen LogP contribution in [0.2, 0.25) is 0 Å². The average molecular weight is 462 g/mol. The second-order valence-corrected chi connectivity index (χ2v) is 9.52. The molecule has 2 amide bonds. The van der Waals surface area contributed by atoms with Crippen LogP contribution in [0.3, 0.4) is 0 Å². The van der Waals surface area contributed by atoms with E-state index in [9.17, 15) is 9.59 Å². The summed E-state index contributed by atoms with van der Waals surface area (Å²) in [7, 11) is 0. The summed E-state index contributed by atoms with van der Waals surface area (Å²) in [5.41, 5.74) is 10.6. The van der Waals surface area contributed by atoms with Gasteiger partial charge in [0.1, 0.15) is 5.82 Å². The Morgan fingerprint density at radius 3 is 2.68 bits per heavy atom. The van der Waals surface area contributed by atoms with E-state index in [2.05, 4.69) is 10.2 Å². The summed E-state index contributed by atoms with van der Waals surface area (Å²) in [6, 6.07) is 7.58. The summed E-state index contributed by atoms with van der Waals surface area (Å²) < 4.78 is 1.81. The van der Waals surface area contributed by atoms with E-state index in [0.29, 0.717) is 17.8 Å². The lowest BCUT2D eigenvalue weighted by Gasteiger charge is -2.38. The number of aromatic nitrogens is 3. The van der Waals surface area contributed by atoms with Crippen molar-refractivity contribution in [1.82, 2.24) is 19.5 Å². The predicted octanol–water partition coefficient (Wildman–Crippen LogP) is 2.82. The molecule has 0 aliphatic carbocycles. The van der Waals surface area contributed by atoms with Crippen LogP contribution in [-0.4, -0.2) is 57.0 Å². The van der Waals surface area contributed by atoms with E-state index in [4.69, 9.17) is 15.8 Å². The molecule has 0 spiro atoms. The molecular formula is C25H31N7O2. The molecule has 9 heteroatoms. The molecule has 1 atom stereocenters. The van der Waals surface area contributed by atoms with Gasteiger partial charge in [-0.2, -0.15) is 5.10 Å². The summed E-state index contributed by atoms with van der Waals surface area (Å²) in [5, 5.41) is 7.62. The monoisotopic (exact) mass is 461 g/mol. The number of nitrogens with two attached hydrogens (primary N) is 1. The summed E-state index contributed by atoms with van der Waals surface area (Å²) in [5.74, 6) is 0.652. The number of carbonyl (C=O) groups excluding carboxylic acids is 2. The highest BCUT2D eigenvalue weighted by Crippen LogP contribution is 2.34. The van der Waals surface area contributed by atoms with Crippen molar-refractivity contribution < 1.29 is 9.59 Å². The van der Waals surface area contributed by atoms with Crippen LogP contribution in [0.25, 0.3) is 5.65 Å². The molecule has 1 aromatic carbocycles. The first kappa shape index (κ1) is 22.3. The zero-order valence-corrected chi connectivity index (χ0v) is 19.9. The molecule has 2 aliphatic heterocycles. The molecule has 0 saturated carbocycles. The van der Waals surface area contributed by atoms with Gasteiger partial charge < -0.3 is 20.9 Å². The topological polar surface area (TPSA) is 109 Å². The zero-order valence-electron chi connectivity index (χ0n) is 19.9. The Morgan fingerprint density at radius 2 is 1.94 bits per heavy atom. The molecule has 178 valence electrons. The fraction of sp³-hybridized carbons (Fsp3) is 0.440. The highest BCUT2D eigenvalue weighted by molar-refractivity contribution is 6.03. The van der Waals surface area contributed by atoms with Gasteiger partial charge in [-0.3, -0.25) is 9.59 Å². The SMILES string of the molecule is CC(=O)Nc1ccc(C)cc1C(=O)N1CCCCC1c1cc2nc(N3CC(N)C3)c(C)cn2n1. The minimum absolute atomic E-state index is 0.0893. The van der Waals surface area contributed by atoms with Crippen LogP contribution in [-0.2, 0) is 4.79 Å². The van der Waals surface area contributed by atoms with E-state index in [1.54, 1.807) is 10.6 Å². The molecule has 5 rings (SSSR count). The van der Waals surface area contributed by atoms with Crippen LogP contribution in [0.4, 0.5) is 11.5 Å². The van der Waals surface area contributed by atoms with Gasteiger partial charge in [0.2, 0.25) is 5.91 Å². The second kappa shape index (κ2) is 8.72. The molecule has 0 radical (unpaired) electrons. The highest BCUT2D eigenvalue weighted by Gasteiger charge is 2.32. The van der Waals surface area contributed by atoms with Crippen molar-refractivity contribution >= 4 is 29.0 Å². The van der Waals surface area contributed by atoms with Gasteiger partial charge in [-0.25, -0.2) is 9.50 Å². The number of anilines is 2. The number of nitrogens with zero attached hydrogens (tertiary/aromatic N) is 5. The molecule has 2 saturated heterocycles. The molecule has 9 nitrogen and oxygen atoms in total. The summed E-state index contributed by atoms with van der Waals surface area (Å²) in [6.45, 7) is 7.69. The number of likely N-dealkylation sites (tertiary alicyclic amines) is 1. The summed E-state index contributed by atoms with van der Waals surface area (Å²) in [4.78, 5) is 34.4. The minimum Gasteiger partial charge on any atom is -0.353 e. The maximum absolute atomic E-state index is 13.7. The number of fused-ring (bicyclic) bond motifs is 1. The Morgan fingerprint density at radius 1 is 1.15 bits per heavy atom. The van der Waals surface area contributed by atoms with Crippen molar-refractivity contribution in [2.24, 2.45) is 5.73 Å². The Balaban J connectivity index is 1.48. The fourth-order valence-electron chi connectivity index (χ4n) is 4.96. The number of rotatable bonds is 4. The number of amides is 2. The molecule has 0 bridgehead atoms. The van der Waals surface area contributed by atoms with E-state index < -0.39 is 0 Å². The number of nitrogens with one attached hydrogen (secondary N) is 1. The summed E-state index contributed by atoms with van der Waals surface area (Å²) >= 11 is 0. The Hall–Kier alpha value is -3.46. The highest BCUT2D eigenvalue weighted by atomic mass is 16.2. The smallest absolute Gasteiger partial charge is 0.256 e. The maximum Gasteiger partial charge on any atom is 0.256 e. The molecule has 2 aromatic heterocycles. The Labute approximate surface area is 198 Å². The number of hydrogen-bond acceptors (Lipinski definition) is 6. The van der Waals surface area contributed by atoms with Crippen molar-refractivity contribution in [3.8, 4) is 0 Å². The molecule has 34 heavy (non-hydrogen) atoms. The van der Waals surface area contributed by atoms with Gasteiger partial charge in [-0.15, -0.1) is 0 Å². The molecule has 2 fully saturated rings. The third-order valence-corrected chi connectivity index (χ3v) is 6.65. The van der Waals surface area contributed by atoms with Gasteiger partial charge in [0.25, 0.3) is 5.91 Å². The largest absolute Gasteiger partial charge is 0.353 e. The molecule has 2 aliphatic rings. The van der Waals surface area contributed by atoms with Gasteiger partial charge in [-0.1, -0.05) is 11.6 Å². The van der Waals surface area contributed by atoms with E-state index in [1.165, 1.54) is 6.92 Å². The third kappa shape index (κ3) is 4.11. The number of aryl methyl sites for hydroxylation is 2. The second-order valence-electron chi connectivity index (χ2n) is 9.52. The van der Waals surface area contributed by atoms with Crippen molar-refractivity contribution in [2.75, 3.05) is 29.9 Å². The van der Waals surface area contributed by atoms with Crippen molar-refractivity contribution in [3.05, 3.63) is 52.8 Å². The Bertz CT molecular complexity index is 1260. The summed E-state index contributed by atoms with van der Waals surface area (Å²) in [6.07, 6.45) is 4.80. The Kier molecular flexibility index (Phi) is 5.73. The van der Waals surface area contributed by atoms with Gasteiger partial charge in [0.15, 0.2) is 5.65 Å². The predicted molar refractivity (Wildman–Crippen MR) is 131 cm³/mol. The average Bonchev–Trinajstić information content (AvgIpc) is 3.19. The van der Waals surface area contributed by atoms with Gasteiger partial charge in [0.05, 0.1) is 23.0 Å². The number of carbonyl (C=O) groups is 2. The number of hydrogen-bond donors (Lipinski definition) is 2. The maximum atomic E-state index is 13.7. The first-order valence-electron chi connectivity index (χ1n) is 11.9. The minimum atomic E-state index is -0.200. The van der Waals surface area contributed by atoms with E-state index in [1.807, 2.05) is 43.1 Å². The fourth-order valence-corrected chi connectivity index (χ4v) is 4.96. The molecule has 3 N–H and O–H groups in total. The van der Waals surface area contributed by atoms with Crippen LogP contribution in [0.5, 0.6) is 0 Å². The van der Waals surface area contributed by atoms with E-state index >= 15 is 0 Å². The lowest BCUT2D eigenvalue weighted by Crippen LogP contribution is -2.56. The normalized spacial score (nSPS) is 18.8. The van der Waals surface area contributed by atoms with Gasteiger partial charge >= 0.3 is 0 Å². The van der Waals surface area contributed by atoms with E-state index in [0.717, 1.165) is 60.6 Å². The van der Waals surface area contributed by atoms with Crippen LogP contribution >= 0.6 is 0 Å². The van der Waals surface area contributed by atoms with Crippen LogP contribution < -0.4 is 16.0 Å². The number of benzene rings is 1. The molecule has 3 aromatic rings. The van der Waals surface area contributed by atoms with Gasteiger partial charge in [0, 0.05) is 50.4 Å². The molecule has 1 unspecified atom stereocenters. The first-order valence-corrected chi connectivity index (χ1v) is 11.9. The number of piperidine rings is 1. The van der Waals surface area contributed by atoms with E-state index in [-0.39, 0.29) is 23.9 Å². The van der Waals surface area contributed by atoms with Crippen LogP contribution in [0.15, 0.2) is 30.5 Å². The van der Waals surface area contributed by atoms with Crippen molar-refractivity contribution in [3.63, 3.8) is 0 Å². The van der Waals surface area contributed by atoms with Crippen LogP contribution in [0, 0.1) is 13.8 Å². The standard InChI is InChI=1S/C25H31N7O2/c1-15-7-8-20(27-17(3)33)19(10-15)25(34)31-9-5-4-6-22(31)21-11-23-28-24(30-13-18(26)14-30)16(2)12-32(23)29-21/h7-8,10-12,18,22H,4-6,9,13-14,26H2,1-3H3,(H,27,33). The zero-order chi connectivity index (χ0) is 24.0. The third-order valence-electron chi connectivity index (χ3n) is 6.65. The van der Waals surface area contributed by atoms with Crippen molar-refractivity contribution in [1.29, 1.82) is 0 Å². The van der Waals surface area contributed by atoms with Crippen molar-refractivity contribution in [2.45, 2.75) is 52.1 Å². The lowest BCUT2D eigenvalue weighted by atomic mass is 9.97.